The molecule has 88 valence electrons. The van der Waals surface area contributed by atoms with E-state index in [1.54, 1.807) is 0 Å². The van der Waals surface area contributed by atoms with Crippen LogP contribution in [0, 0.1) is 0 Å². The van der Waals surface area contributed by atoms with E-state index in [0.717, 1.165) is 19.5 Å². The lowest BCUT2D eigenvalue weighted by molar-refractivity contribution is -0.144. The van der Waals surface area contributed by atoms with E-state index in [4.69, 9.17) is 9.57 Å². The highest BCUT2D eigenvalue weighted by Gasteiger charge is 2.30. The molecule has 5 heteroatoms. The lowest BCUT2D eigenvalue weighted by Gasteiger charge is -2.28. The molecular formula is C10H20N2O3. The number of rotatable bonds is 2. The van der Waals surface area contributed by atoms with Crippen molar-refractivity contribution in [1.82, 2.24) is 10.4 Å². The van der Waals surface area contributed by atoms with Crippen molar-refractivity contribution in [3.8, 4) is 0 Å². The van der Waals surface area contributed by atoms with Gasteiger partial charge in [-0.1, -0.05) is 0 Å². The second-order valence-corrected chi connectivity index (χ2v) is 4.64. The van der Waals surface area contributed by atoms with Gasteiger partial charge in [-0.3, -0.25) is 4.84 Å². The van der Waals surface area contributed by atoms with Crippen molar-refractivity contribution in [2.24, 2.45) is 0 Å². The molecule has 1 aliphatic rings. The molecule has 15 heavy (non-hydrogen) atoms. The number of nitrogens with one attached hydrogen (secondary N) is 1. The average Bonchev–Trinajstić information content (AvgIpc) is 2.54. The zero-order valence-electron chi connectivity index (χ0n) is 9.87. The summed E-state index contributed by atoms with van der Waals surface area (Å²) in [4.78, 5) is 16.8. The van der Waals surface area contributed by atoms with Gasteiger partial charge in [-0.2, -0.15) is 5.06 Å². The normalized spacial score (nSPS) is 21.5. The van der Waals surface area contributed by atoms with Gasteiger partial charge in [0.05, 0.1) is 13.2 Å². The summed E-state index contributed by atoms with van der Waals surface area (Å²) in [7, 11) is 1.49. The van der Waals surface area contributed by atoms with E-state index in [1.807, 2.05) is 20.8 Å². The van der Waals surface area contributed by atoms with Crippen molar-refractivity contribution in [2.75, 3.05) is 20.2 Å². The molecule has 1 rings (SSSR count). The Morgan fingerprint density at radius 2 is 2.13 bits per heavy atom. The van der Waals surface area contributed by atoms with E-state index in [0.29, 0.717) is 0 Å². The maximum Gasteiger partial charge on any atom is 0.434 e. The van der Waals surface area contributed by atoms with Crippen LogP contribution in [0.3, 0.4) is 0 Å². The van der Waals surface area contributed by atoms with Gasteiger partial charge in [0.25, 0.3) is 0 Å². The minimum absolute atomic E-state index is 0.0739. The van der Waals surface area contributed by atoms with Gasteiger partial charge < -0.3 is 10.1 Å². The summed E-state index contributed by atoms with van der Waals surface area (Å²) in [5.74, 6) is 0. The van der Waals surface area contributed by atoms with Gasteiger partial charge in [-0.25, -0.2) is 4.79 Å². The number of amides is 1. The Morgan fingerprint density at radius 3 is 2.53 bits per heavy atom. The van der Waals surface area contributed by atoms with E-state index in [1.165, 1.54) is 12.2 Å². The first-order valence-electron chi connectivity index (χ1n) is 5.21. The Morgan fingerprint density at radius 1 is 1.47 bits per heavy atom. The number of carbonyl (C=O) groups is 1. The second-order valence-electron chi connectivity index (χ2n) is 4.64. The molecule has 0 aliphatic carbocycles. The first kappa shape index (κ1) is 12.3. The Labute approximate surface area is 90.7 Å². The van der Waals surface area contributed by atoms with Crippen LogP contribution in [-0.2, 0) is 9.57 Å². The SMILES string of the molecule is CON(C(=O)OC(C)(C)C)C1CCNC1. The molecule has 1 atom stereocenters. The minimum Gasteiger partial charge on any atom is -0.442 e. The van der Waals surface area contributed by atoms with Crippen LogP contribution in [0.15, 0.2) is 0 Å². The highest BCUT2D eigenvalue weighted by atomic mass is 16.7. The maximum absolute atomic E-state index is 11.7. The molecule has 0 bridgehead atoms. The lowest BCUT2D eigenvalue weighted by Crippen LogP contribution is -2.43. The van der Waals surface area contributed by atoms with Gasteiger partial charge in [0, 0.05) is 6.54 Å². The van der Waals surface area contributed by atoms with Crippen molar-refractivity contribution < 1.29 is 14.4 Å². The third-order valence-electron chi connectivity index (χ3n) is 2.14. The Bertz CT molecular complexity index is 219. The number of nitrogens with zero attached hydrogens (tertiary/aromatic N) is 1. The summed E-state index contributed by atoms with van der Waals surface area (Å²) in [6.45, 7) is 7.18. The monoisotopic (exact) mass is 216 g/mol. The summed E-state index contributed by atoms with van der Waals surface area (Å²) in [6, 6.07) is 0.0739. The number of ether oxygens (including phenoxy) is 1. The summed E-state index contributed by atoms with van der Waals surface area (Å²) in [5, 5.41) is 4.49. The molecular weight excluding hydrogens is 196 g/mol. The van der Waals surface area contributed by atoms with Crippen LogP contribution in [-0.4, -0.2) is 43.0 Å². The summed E-state index contributed by atoms with van der Waals surface area (Å²) in [5.41, 5.74) is -0.486. The molecule has 0 spiro atoms. The van der Waals surface area contributed by atoms with Gasteiger partial charge in [0.15, 0.2) is 0 Å². The Kier molecular flexibility index (Phi) is 3.93. The van der Waals surface area contributed by atoms with Crippen LogP contribution >= 0.6 is 0 Å². The third kappa shape index (κ3) is 3.68. The predicted molar refractivity (Wildman–Crippen MR) is 56.4 cm³/mol. The fourth-order valence-corrected chi connectivity index (χ4v) is 1.52. The first-order chi connectivity index (χ1) is 6.94. The van der Waals surface area contributed by atoms with E-state index < -0.39 is 11.7 Å². The molecule has 1 unspecified atom stereocenters. The fourth-order valence-electron chi connectivity index (χ4n) is 1.52. The van der Waals surface area contributed by atoms with E-state index in [-0.39, 0.29) is 6.04 Å². The van der Waals surface area contributed by atoms with Crippen LogP contribution in [0.1, 0.15) is 27.2 Å². The molecule has 0 saturated carbocycles. The predicted octanol–water partition coefficient (Wildman–Crippen LogP) is 1.15. The average molecular weight is 216 g/mol. The standard InChI is InChI=1S/C10H20N2O3/c1-10(2,3)15-9(13)12(14-4)8-5-6-11-7-8/h8,11H,5-7H2,1-4H3. The van der Waals surface area contributed by atoms with Crippen molar-refractivity contribution in [3.63, 3.8) is 0 Å². The molecule has 1 saturated heterocycles. The largest absolute Gasteiger partial charge is 0.442 e. The maximum atomic E-state index is 11.7. The third-order valence-corrected chi connectivity index (χ3v) is 2.14. The van der Waals surface area contributed by atoms with Crippen molar-refractivity contribution in [1.29, 1.82) is 0 Å². The molecule has 1 N–H and O–H groups in total. The topological polar surface area (TPSA) is 50.8 Å². The van der Waals surface area contributed by atoms with Crippen LogP contribution < -0.4 is 5.32 Å². The van der Waals surface area contributed by atoms with Crippen molar-refractivity contribution >= 4 is 6.09 Å². The molecule has 1 aliphatic heterocycles. The summed E-state index contributed by atoms with van der Waals surface area (Å²) in [6.07, 6.45) is 0.478. The van der Waals surface area contributed by atoms with E-state index in [9.17, 15) is 4.79 Å². The molecule has 0 aromatic rings. The zero-order valence-corrected chi connectivity index (χ0v) is 9.87. The molecule has 0 aromatic carbocycles. The molecule has 1 fully saturated rings. The summed E-state index contributed by atoms with van der Waals surface area (Å²) >= 11 is 0. The molecule has 1 amide bonds. The van der Waals surface area contributed by atoms with Gasteiger partial charge in [0.1, 0.15) is 5.60 Å². The number of hydrogen-bond acceptors (Lipinski definition) is 4. The Hall–Kier alpha value is -0.810. The van der Waals surface area contributed by atoms with Gasteiger partial charge >= 0.3 is 6.09 Å². The summed E-state index contributed by atoms with van der Waals surface area (Å²) < 4.78 is 5.24. The van der Waals surface area contributed by atoms with Crippen LogP contribution in [0.25, 0.3) is 0 Å². The lowest BCUT2D eigenvalue weighted by atomic mass is 10.2. The highest BCUT2D eigenvalue weighted by molar-refractivity contribution is 5.67. The Balaban J connectivity index is 2.53. The second kappa shape index (κ2) is 4.81. The van der Waals surface area contributed by atoms with Gasteiger partial charge in [-0.05, 0) is 33.7 Å². The van der Waals surface area contributed by atoms with E-state index >= 15 is 0 Å². The van der Waals surface area contributed by atoms with Crippen molar-refractivity contribution in [3.05, 3.63) is 0 Å². The minimum atomic E-state index is -0.486. The van der Waals surface area contributed by atoms with E-state index in [2.05, 4.69) is 5.32 Å². The first-order valence-corrected chi connectivity index (χ1v) is 5.21. The quantitative estimate of drug-likeness (QED) is 0.703. The van der Waals surface area contributed by atoms with Crippen LogP contribution in [0.2, 0.25) is 0 Å². The fraction of sp³-hybridized carbons (Fsp3) is 0.900. The van der Waals surface area contributed by atoms with Crippen LogP contribution in [0.5, 0.6) is 0 Å². The zero-order chi connectivity index (χ0) is 11.5. The van der Waals surface area contributed by atoms with Crippen LogP contribution in [0.4, 0.5) is 4.79 Å². The number of hydroxylamine groups is 2. The molecule has 0 radical (unpaired) electrons. The highest BCUT2D eigenvalue weighted by Crippen LogP contribution is 2.14. The van der Waals surface area contributed by atoms with Gasteiger partial charge in [0.2, 0.25) is 0 Å². The number of carbonyl (C=O) groups excluding carboxylic acids is 1. The smallest absolute Gasteiger partial charge is 0.434 e. The van der Waals surface area contributed by atoms with Crippen molar-refractivity contribution in [2.45, 2.75) is 38.8 Å². The number of hydrogen-bond donors (Lipinski definition) is 1. The van der Waals surface area contributed by atoms with Gasteiger partial charge in [-0.15, -0.1) is 0 Å². The molecule has 1 heterocycles. The molecule has 5 nitrogen and oxygen atoms in total. The molecule has 0 aromatic heterocycles.